The van der Waals surface area contributed by atoms with Gasteiger partial charge in [-0.1, -0.05) is 29.5 Å². The number of aromatic nitrogens is 3. The van der Waals surface area contributed by atoms with Crippen molar-refractivity contribution in [3.63, 3.8) is 0 Å². The van der Waals surface area contributed by atoms with Gasteiger partial charge in [0.2, 0.25) is 15.9 Å². The molecule has 1 aliphatic heterocycles. The van der Waals surface area contributed by atoms with Crippen LogP contribution in [0.4, 0.5) is 13.9 Å². The van der Waals surface area contributed by atoms with Gasteiger partial charge in [-0.3, -0.25) is 14.4 Å². The number of hydrogen-bond donors (Lipinski definition) is 0. The summed E-state index contributed by atoms with van der Waals surface area (Å²) in [6.07, 6.45) is 1.03. The molecule has 12 heteroatoms. The zero-order valence-electron chi connectivity index (χ0n) is 21.0. The minimum atomic E-state index is -3.76. The lowest BCUT2D eigenvalue weighted by Crippen LogP contribution is -2.47. The third-order valence-electron chi connectivity index (χ3n) is 6.65. The van der Waals surface area contributed by atoms with E-state index in [4.69, 9.17) is 0 Å². The fraction of sp³-hybridized carbons (Fsp3) is 0.346. The van der Waals surface area contributed by atoms with Crippen molar-refractivity contribution in [2.75, 3.05) is 24.5 Å². The van der Waals surface area contributed by atoms with Crippen molar-refractivity contribution in [1.29, 1.82) is 0 Å². The third-order valence-corrected chi connectivity index (χ3v) is 9.56. The Hall–Kier alpha value is -3.22. The van der Waals surface area contributed by atoms with Gasteiger partial charge in [0.05, 0.1) is 27.8 Å². The van der Waals surface area contributed by atoms with Crippen molar-refractivity contribution in [1.82, 2.24) is 19.1 Å². The molecule has 5 rings (SSSR count). The lowest BCUT2D eigenvalue weighted by atomic mass is 9.98. The fourth-order valence-corrected chi connectivity index (χ4v) is 7.36. The van der Waals surface area contributed by atoms with E-state index in [2.05, 4.69) is 10.1 Å². The molecule has 1 aliphatic rings. The fourth-order valence-electron chi connectivity index (χ4n) is 4.78. The van der Waals surface area contributed by atoms with Crippen LogP contribution in [0.15, 0.2) is 53.4 Å². The summed E-state index contributed by atoms with van der Waals surface area (Å²) in [5, 5.41) is 4.69. The maximum absolute atomic E-state index is 14.4. The quantitative estimate of drug-likeness (QED) is 0.332. The second-order valence-corrected chi connectivity index (χ2v) is 12.3. The van der Waals surface area contributed by atoms with Gasteiger partial charge in [0, 0.05) is 31.4 Å². The SMILES string of the molecule is Cc1cc(C)n(CCN(C(=O)C2CCCN(S(=O)(=O)c3ccccc3)C2)c2nc3c(F)cc(F)cc3s2)n1. The van der Waals surface area contributed by atoms with Gasteiger partial charge in [0.1, 0.15) is 11.3 Å². The summed E-state index contributed by atoms with van der Waals surface area (Å²) in [6.45, 7) is 4.68. The van der Waals surface area contributed by atoms with Crippen molar-refractivity contribution in [3.05, 3.63) is 71.6 Å². The van der Waals surface area contributed by atoms with E-state index in [-0.39, 0.29) is 34.5 Å². The predicted molar refractivity (Wildman–Crippen MR) is 142 cm³/mol. The first-order valence-electron chi connectivity index (χ1n) is 12.3. The Morgan fingerprint density at radius 2 is 1.92 bits per heavy atom. The molecular formula is C26H27F2N5O3S2. The molecule has 0 spiro atoms. The molecule has 2 aromatic carbocycles. The van der Waals surface area contributed by atoms with Crippen LogP contribution in [-0.4, -0.2) is 53.0 Å². The zero-order valence-corrected chi connectivity index (χ0v) is 22.6. The number of benzene rings is 2. The van der Waals surface area contributed by atoms with Crippen LogP contribution in [0.25, 0.3) is 10.2 Å². The maximum Gasteiger partial charge on any atom is 0.243 e. The number of rotatable bonds is 7. The summed E-state index contributed by atoms with van der Waals surface area (Å²) in [5.74, 6) is -2.44. The third kappa shape index (κ3) is 5.20. The highest BCUT2D eigenvalue weighted by molar-refractivity contribution is 7.89. The summed E-state index contributed by atoms with van der Waals surface area (Å²) in [7, 11) is -3.76. The first-order valence-corrected chi connectivity index (χ1v) is 14.5. The molecule has 3 heterocycles. The van der Waals surface area contributed by atoms with Crippen LogP contribution in [0.5, 0.6) is 0 Å². The average molecular weight is 560 g/mol. The summed E-state index contributed by atoms with van der Waals surface area (Å²) in [6, 6.07) is 12.0. The van der Waals surface area contributed by atoms with Gasteiger partial charge in [0.25, 0.3) is 0 Å². The monoisotopic (exact) mass is 559 g/mol. The molecule has 1 atom stereocenters. The molecule has 200 valence electrons. The van der Waals surface area contributed by atoms with Crippen LogP contribution in [0.1, 0.15) is 24.2 Å². The molecule has 0 N–H and O–H groups in total. The maximum atomic E-state index is 14.4. The van der Waals surface area contributed by atoms with E-state index in [1.807, 2.05) is 19.9 Å². The Kier molecular flexibility index (Phi) is 7.30. The minimum Gasteiger partial charge on any atom is -0.286 e. The standard InChI is InChI=1S/C26H27F2N5O3S2/c1-17-13-18(2)33(30-17)12-11-32(26-29-24-22(28)14-20(27)15-23(24)37-26)25(34)19-7-6-10-31(16-19)38(35,36)21-8-4-3-5-9-21/h3-5,8-9,13-15,19H,6-7,10-12,16H2,1-2H3. The van der Waals surface area contributed by atoms with Gasteiger partial charge in [-0.2, -0.15) is 9.40 Å². The smallest absolute Gasteiger partial charge is 0.243 e. The molecule has 8 nitrogen and oxygen atoms in total. The molecular weight excluding hydrogens is 532 g/mol. The number of sulfonamides is 1. The number of hydrogen-bond acceptors (Lipinski definition) is 6. The Morgan fingerprint density at radius 3 is 2.63 bits per heavy atom. The van der Waals surface area contributed by atoms with E-state index >= 15 is 0 Å². The van der Waals surface area contributed by atoms with Crippen molar-refractivity contribution >= 4 is 42.6 Å². The number of anilines is 1. The first-order chi connectivity index (χ1) is 18.1. The van der Waals surface area contributed by atoms with Crippen LogP contribution in [0.2, 0.25) is 0 Å². The van der Waals surface area contributed by atoms with E-state index in [0.29, 0.717) is 30.6 Å². The zero-order chi connectivity index (χ0) is 27.0. The van der Waals surface area contributed by atoms with Gasteiger partial charge in [-0.15, -0.1) is 0 Å². The highest BCUT2D eigenvalue weighted by atomic mass is 32.2. The van der Waals surface area contributed by atoms with Crippen molar-refractivity contribution in [2.24, 2.45) is 5.92 Å². The summed E-state index contributed by atoms with van der Waals surface area (Å²) >= 11 is 1.03. The largest absolute Gasteiger partial charge is 0.286 e. The first kappa shape index (κ1) is 26.4. The highest BCUT2D eigenvalue weighted by Crippen LogP contribution is 2.33. The number of aryl methyl sites for hydroxylation is 2. The average Bonchev–Trinajstić information content (AvgIpc) is 3.46. The van der Waals surface area contributed by atoms with Gasteiger partial charge in [-0.25, -0.2) is 22.2 Å². The number of nitrogens with zero attached hydrogens (tertiary/aromatic N) is 5. The lowest BCUT2D eigenvalue weighted by Gasteiger charge is -2.33. The molecule has 0 saturated carbocycles. The number of amides is 1. The molecule has 38 heavy (non-hydrogen) atoms. The number of carbonyl (C=O) groups is 1. The predicted octanol–water partition coefficient (Wildman–Crippen LogP) is 4.52. The summed E-state index contributed by atoms with van der Waals surface area (Å²) < 4.78 is 58.2. The Balaban J connectivity index is 1.45. The van der Waals surface area contributed by atoms with E-state index in [1.165, 1.54) is 27.4 Å². The van der Waals surface area contributed by atoms with E-state index < -0.39 is 27.6 Å². The van der Waals surface area contributed by atoms with Gasteiger partial charge in [-0.05, 0) is 51.0 Å². The lowest BCUT2D eigenvalue weighted by molar-refractivity contribution is -0.123. The van der Waals surface area contributed by atoms with Crippen molar-refractivity contribution in [3.8, 4) is 0 Å². The van der Waals surface area contributed by atoms with Crippen molar-refractivity contribution in [2.45, 2.75) is 38.1 Å². The Labute approximate surface area is 223 Å². The van der Waals surface area contributed by atoms with Crippen LogP contribution < -0.4 is 4.90 Å². The van der Waals surface area contributed by atoms with E-state index in [9.17, 15) is 22.0 Å². The van der Waals surface area contributed by atoms with Crippen LogP contribution in [0.3, 0.4) is 0 Å². The van der Waals surface area contributed by atoms with Crippen LogP contribution in [0, 0.1) is 31.4 Å². The number of thiazole rings is 1. The molecule has 1 amide bonds. The number of halogens is 2. The molecule has 0 bridgehead atoms. The van der Waals surface area contributed by atoms with Gasteiger partial charge in [0.15, 0.2) is 10.9 Å². The second kappa shape index (κ2) is 10.5. The Morgan fingerprint density at radius 1 is 1.16 bits per heavy atom. The number of carbonyl (C=O) groups excluding carboxylic acids is 1. The molecule has 1 fully saturated rings. The molecule has 4 aromatic rings. The highest BCUT2D eigenvalue weighted by Gasteiger charge is 2.36. The number of fused-ring (bicyclic) bond motifs is 1. The molecule has 2 aromatic heterocycles. The van der Waals surface area contributed by atoms with Gasteiger partial charge >= 0.3 is 0 Å². The normalized spacial score (nSPS) is 16.7. The molecule has 1 unspecified atom stereocenters. The van der Waals surface area contributed by atoms with E-state index in [0.717, 1.165) is 28.8 Å². The topological polar surface area (TPSA) is 88.4 Å². The van der Waals surface area contributed by atoms with Crippen LogP contribution >= 0.6 is 11.3 Å². The van der Waals surface area contributed by atoms with Crippen LogP contribution in [-0.2, 0) is 21.4 Å². The van der Waals surface area contributed by atoms with Crippen molar-refractivity contribution < 1.29 is 22.0 Å². The Bertz CT molecular complexity index is 1590. The van der Waals surface area contributed by atoms with E-state index in [1.54, 1.807) is 22.9 Å². The second-order valence-electron chi connectivity index (χ2n) is 9.39. The summed E-state index contributed by atoms with van der Waals surface area (Å²) in [4.78, 5) is 19.9. The number of piperidine rings is 1. The summed E-state index contributed by atoms with van der Waals surface area (Å²) in [5.41, 5.74) is 1.75. The molecule has 0 aliphatic carbocycles. The molecule has 0 radical (unpaired) electrons. The molecule has 1 saturated heterocycles. The minimum absolute atomic E-state index is 0.00718. The van der Waals surface area contributed by atoms with Gasteiger partial charge < -0.3 is 0 Å².